The number of fused-ring (bicyclic) bond motifs is 6. The van der Waals surface area contributed by atoms with Crippen molar-refractivity contribution in [2.45, 2.75) is 0 Å². The van der Waals surface area contributed by atoms with Crippen LogP contribution in [-0.2, 0) is 0 Å². The van der Waals surface area contributed by atoms with E-state index in [9.17, 15) is 10.5 Å². The van der Waals surface area contributed by atoms with Gasteiger partial charge in [-0.3, -0.25) is 0 Å². The minimum absolute atomic E-state index is 0.406. The SMILES string of the molecule is [C-]#[N+]c1cccc(-c2ccc(-n3c4ccc(-c5ccccc5)cc4c4cc(-c5ccccc5)ccc43)cc2-c2nc(-c3ccc(-c4ccc(C#N)cc4)cc3)nc(-c3cc(-n4c5ccc(-c6ccccc6)cc5c5cc(-c6ccccc6)ccc54)ccc3-c3cccc(C#N)c3)n2)c1. The number of hydrogen-bond donors (Lipinski definition) is 0. The molecule has 0 aliphatic carbocycles. The first-order chi connectivity index (χ1) is 48.4. The van der Waals surface area contributed by atoms with Crippen LogP contribution in [0.3, 0.4) is 0 Å². The van der Waals surface area contributed by atoms with Crippen LogP contribution in [0.25, 0.3) is 172 Å². The van der Waals surface area contributed by atoms with Gasteiger partial charge in [0.25, 0.3) is 0 Å². The summed E-state index contributed by atoms with van der Waals surface area (Å²) < 4.78 is 4.67. The minimum Gasteiger partial charge on any atom is -0.309 e. The topological polar surface area (TPSA) is 100 Å². The van der Waals surface area contributed by atoms with Gasteiger partial charge in [-0.25, -0.2) is 19.8 Å². The Balaban J connectivity index is 0.927. The highest BCUT2D eigenvalue weighted by Crippen LogP contribution is 2.44. The van der Waals surface area contributed by atoms with E-state index < -0.39 is 0 Å². The van der Waals surface area contributed by atoms with E-state index >= 15 is 0 Å². The summed E-state index contributed by atoms with van der Waals surface area (Å²) in [5.74, 6) is 1.25. The summed E-state index contributed by atoms with van der Waals surface area (Å²) in [5, 5.41) is 24.5. The molecule has 17 rings (SSSR count). The van der Waals surface area contributed by atoms with Crippen molar-refractivity contribution in [1.29, 1.82) is 10.5 Å². The number of rotatable bonds is 12. The molecule has 0 aliphatic rings. The number of nitriles is 2. The number of nitrogens with zero attached hydrogens (tertiary/aromatic N) is 8. The lowest BCUT2D eigenvalue weighted by Crippen LogP contribution is -2.04. The van der Waals surface area contributed by atoms with Crippen LogP contribution in [0.5, 0.6) is 0 Å². The Labute approximate surface area is 566 Å². The van der Waals surface area contributed by atoms with Crippen molar-refractivity contribution in [3.8, 4) is 136 Å². The highest BCUT2D eigenvalue weighted by Gasteiger charge is 2.24. The molecule has 3 heterocycles. The van der Waals surface area contributed by atoms with Gasteiger partial charge in [-0.1, -0.05) is 224 Å². The Morgan fingerprint density at radius 3 is 0.990 bits per heavy atom. The van der Waals surface area contributed by atoms with E-state index in [4.69, 9.17) is 21.5 Å². The monoisotopic (exact) mass is 1250 g/mol. The van der Waals surface area contributed by atoms with Crippen LogP contribution in [0.2, 0.25) is 0 Å². The van der Waals surface area contributed by atoms with Gasteiger partial charge in [0, 0.05) is 49.6 Å². The van der Waals surface area contributed by atoms with Gasteiger partial charge in [0.15, 0.2) is 23.2 Å². The third-order valence-electron chi connectivity index (χ3n) is 18.7. The van der Waals surface area contributed by atoms with Crippen LogP contribution in [0.15, 0.2) is 328 Å². The zero-order valence-corrected chi connectivity index (χ0v) is 52.8. The second kappa shape index (κ2) is 24.6. The van der Waals surface area contributed by atoms with Crippen molar-refractivity contribution >= 4 is 49.3 Å². The molecule has 17 aromatic rings. The Bertz CT molecular complexity index is 5590. The molecular formula is C90H54N8. The Kier molecular flexibility index (Phi) is 14.5. The summed E-state index contributed by atoms with van der Waals surface area (Å²) in [6, 6.07) is 118. The smallest absolute Gasteiger partial charge is 0.187 e. The molecule has 0 fully saturated rings. The van der Waals surface area contributed by atoms with Crippen LogP contribution < -0.4 is 0 Å². The molecule has 14 aromatic carbocycles. The molecule has 0 saturated heterocycles. The second-order valence-corrected chi connectivity index (χ2v) is 24.4. The first kappa shape index (κ1) is 58.0. The Hall–Kier alpha value is -13.8. The molecule has 454 valence electrons. The average Bonchev–Trinajstić information content (AvgIpc) is 1.58. The number of benzene rings is 14. The normalized spacial score (nSPS) is 11.2. The summed E-state index contributed by atoms with van der Waals surface area (Å²) in [7, 11) is 0. The van der Waals surface area contributed by atoms with Gasteiger partial charge < -0.3 is 9.13 Å². The van der Waals surface area contributed by atoms with Crippen LogP contribution >= 0.6 is 0 Å². The summed E-state index contributed by atoms with van der Waals surface area (Å²) >= 11 is 0. The fourth-order valence-electron chi connectivity index (χ4n) is 13.9. The summed E-state index contributed by atoms with van der Waals surface area (Å²) in [6.07, 6.45) is 0. The molecule has 0 atom stereocenters. The van der Waals surface area contributed by atoms with Gasteiger partial charge in [-0.15, -0.1) is 0 Å². The molecule has 0 amide bonds. The molecule has 0 N–H and O–H groups in total. The van der Waals surface area contributed by atoms with Crippen LogP contribution in [0, 0.1) is 29.2 Å². The predicted octanol–water partition coefficient (Wildman–Crippen LogP) is 23.0. The summed E-state index contributed by atoms with van der Waals surface area (Å²) in [4.78, 5) is 20.8. The maximum Gasteiger partial charge on any atom is 0.187 e. The molecule has 8 nitrogen and oxygen atoms in total. The number of hydrogen-bond acceptors (Lipinski definition) is 5. The summed E-state index contributed by atoms with van der Waals surface area (Å²) in [5.41, 5.74) is 23.8. The highest BCUT2D eigenvalue weighted by atomic mass is 15.0. The average molecular weight is 1250 g/mol. The van der Waals surface area contributed by atoms with E-state index in [2.05, 4.69) is 245 Å². The van der Waals surface area contributed by atoms with Crippen LogP contribution in [0.4, 0.5) is 5.69 Å². The minimum atomic E-state index is 0.406. The zero-order valence-electron chi connectivity index (χ0n) is 52.8. The molecule has 0 unspecified atom stereocenters. The van der Waals surface area contributed by atoms with E-state index in [1.165, 1.54) is 0 Å². The third kappa shape index (κ3) is 10.6. The van der Waals surface area contributed by atoms with Gasteiger partial charge in [0.2, 0.25) is 0 Å². The second-order valence-electron chi connectivity index (χ2n) is 24.4. The first-order valence-electron chi connectivity index (χ1n) is 32.4. The number of aromatic nitrogens is 5. The van der Waals surface area contributed by atoms with Gasteiger partial charge in [-0.05, 0) is 181 Å². The zero-order chi connectivity index (χ0) is 65.6. The molecule has 0 saturated carbocycles. The Morgan fingerprint density at radius 2 is 0.592 bits per heavy atom. The van der Waals surface area contributed by atoms with Crippen molar-refractivity contribution in [2.75, 3.05) is 0 Å². The van der Waals surface area contributed by atoms with Crippen molar-refractivity contribution in [3.05, 3.63) is 350 Å². The van der Waals surface area contributed by atoms with Crippen molar-refractivity contribution < 1.29 is 0 Å². The summed E-state index contributed by atoms with van der Waals surface area (Å²) in [6.45, 7) is 8.20. The van der Waals surface area contributed by atoms with E-state index in [0.717, 1.165) is 144 Å². The molecule has 8 heteroatoms. The quantitative estimate of drug-likeness (QED) is 0.113. The van der Waals surface area contributed by atoms with Crippen LogP contribution in [0.1, 0.15) is 11.1 Å². The maximum atomic E-state index is 10.5. The van der Waals surface area contributed by atoms with Gasteiger partial charge in [0.05, 0.1) is 51.9 Å². The van der Waals surface area contributed by atoms with E-state index in [1.807, 2.05) is 109 Å². The largest absolute Gasteiger partial charge is 0.309 e. The van der Waals surface area contributed by atoms with Crippen LogP contribution in [-0.4, -0.2) is 24.1 Å². The standard InChI is InChI=1S/C90H54N8/c1-93-73-27-15-26-72(49-73)77-43-41-75(98-86-46-38-69(62-21-10-4-11-22-62)52-80(86)81-53-70(39-47-87(81)98)63-23-12-5-13-24-63)55-83(77)90-95-88(66-34-32-65(33-35-66)64-30-28-58(56-91)29-31-64)94-89(96-90)82-54-74(40-42-76(82)71-25-14-16-59(48-71)57-92)97-84-44-36-67(60-17-6-2-7-18-60)50-78(84)79-51-68(37-45-85(79)97)61-19-8-3-9-20-61/h2-55H. The molecule has 0 spiro atoms. The molecule has 0 aliphatic heterocycles. The Morgan fingerprint density at radius 1 is 0.255 bits per heavy atom. The van der Waals surface area contributed by atoms with E-state index in [0.29, 0.717) is 39.9 Å². The lowest BCUT2D eigenvalue weighted by atomic mass is 9.96. The van der Waals surface area contributed by atoms with Crippen molar-refractivity contribution in [3.63, 3.8) is 0 Å². The predicted molar refractivity (Wildman–Crippen MR) is 399 cm³/mol. The molecule has 3 aromatic heterocycles. The molecule has 98 heavy (non-hydrogen) atoms. The van der Waals surface area contributed by atoms with E-state index in [1.54, 1.807) is 0 Å². The van der Waals surface area contributed by atoms with Crippen molar-refractivity contribution in [1.82, 2.24) is 24.1 Å². The third-order valence-corrected chi connectivity index (χ3v) is 18.7. The van der Waals surface area contributed by atoms with Gasteiger partial charge in [0.1, 0.15) is 0 Å². The molecular weight excluding hydrogens is 1190 g/mol. The van der Waals surface area contributed by atoms with Crippen molar-refractivity contribution in [2.24, 2.45) is 0 Å². The fourth-order valence-corrected chi connectivity index (χ4v) is 13.9. The van der Waals surface area contributed by atoms with E-state index in [-0.39, 0.29) is 0 Å². The van der Waals surface area contributed by atoms with Gasteiger partial charge in [-0.2, -0.15) is 10.5 Å². The molecule has 0 bridgehead atoms. The maximum absolute atomic E-state index is 10.5. The van der Waals surface area contributed by atoms with Gasteiger partial charge >= 0.3 is 0 Å². The molecule has 0 radical (unpaired) electrons. The first-order valence-corrected chi connectivity index (χ1v) is 32.4. The lowest BCUT2D eigenvalue weighted by Gasteiger charge is -2.18. The lowest BCUT2D eigenvalue weighted by molar-refractivity contribution is 1.07. The fraction of sp³-hybridized carbons (Fsp3) is 0. The highest BCUT2D eigenvalue weighted by molar-refractivity contribution is 6.13.